The summed E-state index contributed by atoms with van der Waals surface area (Å²) in [6, 6.07) is 12.6. The van der Waals surface area contributed by atoms with Gasteiger partial charge in [-0.1, -0.05) is 30.3 Å². The Morgan fingerprint density at radius 3 is 2.76 bits per heavy atom. The van der Waals surface area contributed by atoms with Crippen LogP contribution in [-0.4, -0.2) is 38.2 Å². The number of amides is 1. The second kappa shape index (κ2) is 5.99. The molecular formula is C20H22N4O. The molecule has 5 nitrogen and oxygen atoms in total. The van der Waals surface area contributed by atoms with Gasteiger partial charge in [0.25, 0.3) is 5.91 Å². The largest absolute Gasteiger partial charge is 0.335 e. The standard InChI is InChI=1S/C20H22N4O/c1-13-18-11-16(12-21-19(18)23(3)22-13)20(25)24-10-9-17(14(24)2)15-7-5-4-6-8-15/h4-8,11-12,14,17H,9-10H2,1-3H3/t14-,17+/m0/s1. The second-order valence-corrected chi connectivity index (χ2v) is 6.85. The summed E-state index contributed by atoms with van der Waals surface area (Å²) >= 11 is 0. The Labute approximate surface area is 147 Å². The van der Waals surface area contributed by atoms with Crippen LogP contribution in [0.5, 0.6) is 0 Å². The fraction of sp³-hybridized carbons (Fsp3) is 0.350. The Bertz CT molecular complexity index is 932. The van der Waals surface area contributed by atoms with Gasteiger partial charge in [-0.15, -0.1) is 0 Å². The summed E-state index contributed by atoms with van der Waals surface area (Å²) in [4.78, 5) is 19.5. The molecule has 0 aliphatic carbocycles. The van der Waals surface area contributed by atoms with Crippen molar-refractivity contribution in [3.05, 3.63) is 59.4 Å². The van der Waals surface area contributed by atoms with Crippen LogP contribution < -0.4 is 0 Å². The summed E-state index contributed by atoms with van der Waals surface area (Å²) in [6.07, 6.45) is 2.67. The number of hydrogen-bond acceptors (Lipinski definition) is 3. The van der Waals surface area contributed by atoms with Gasteiger partial charge in [0.15, 0.2) is 5.65 Å². The maximum atomic E-state index is 13.1. The average molecular weight is 334 g/mol. The van der Waals surface area contributed by atoms with Crippen LogP contribution in [0.3, 0.4) is 0 Å². The van der Waals surface area contributed by atoms with Gasteiger partial charge in [0.05, 0.1) is 11.3 Å². The van der Waals surface area contributed by atoms with E-state index in [4.69, 9.17) is 0 Å². The van der Waals surface area contributed by atoms with Crippen molar-refractivity contribution in [2.45, 2.75) is 32.2 Å². The van der Waals surface area contributed by atoms with Gasteiger partial charge in [-0.05, 0) is 31.9 Å². The zero-order chi connectivity index (χ0) is 17.6. The van der Waals surface area contributed by atoms with E-state index in [1.165, 1.54) is 5.56 Å². The second-order valence-electron chi connectivity index (χ2n) is 6.85. The van der Waals surface area contributed by atoms with E-state index in [0.29, 0.717) is 11.5 Å². The lowest BCUT2D eigenvalue weighted by atomic mass is 9.93. The summed E-state index contributed by atoms with van der Waals surface area (Å²) < 4.78 is 1.75. The Kier molecular flexibility index (Phi) is 3.79. The van der Waals surface area contributed by atoms with E-state index in [0.717, 1.165) is 29.7 Å². The molecule has 0 bridgehead atoms. The molecule has 0 spiro atoms. The number of hydrogen-bond donors (Lipinski definition) is 0. The van der Waals surface area contributed by atoms with E-state index in [1.54, 1.807) is 10.9 Å². The van der Waals surface area contributed by atoms with E-state index in [9.17, 15) is 4.79 Å². The van der Waals surface area contributed by atoms with Crippen LogP contribution in [0.4, 0.5) is 0 Å². The number of aromatic nitrogens is 3. The van der Waals surface area contributed by atoms with Crippen molar-refractivity contribution in [3.63, 3.8) is 0 Å². The first kappa shape index (κ1) is 15.8. The van der Waals surface area contributed by atoms with E-state index in [2.05, 4.69) is 41.3 Å². The van der Waals surface area contributed by atoms with Crippen LogP contribution in [-0.2, 0) is 7.05 Å². The van der Waals surface area contributed by atoms with Crippen molar-refractivity contribution in [1.29, 1.82) is 0 Å². The third kappa shape index (κ3) is 2.60. The highest BCUT2D eigenvalue weighted by Gasteiger charge is 2.35. The van der Waals surface area contributed by atoms with Gasteiger partial charge in [-0.2, -0.15) is 5.10 Å². The Balaban J connectivity index is 1.62. The van der Waals surface area contributed by atoms with Gasteiger partial charge in [0.1, 0.15) is 0 Å². The number of carbonyl (C=O) groups excluding carboxylic acids is 1. The van der Waals surface area contributed by atoms with Crippen molar-refractivity contribution >= 4 is 16.9 Å². The number of rotatable bonds is 2. The summed E-state index contributed by atoms with van der Waals surface area (Å²) in [5, 5.41) is 5.33. The molecule has 1 aliphatic heterocycles. The predicted octanol–water partition coefficient (Wildman–Crippen LogP) is 3.29. The zero-order valence-corrected chi connectivity index (χ0v) is 14.8. The maximum absolute atomic E-state index is 13.1. The van der Waals surface area contributed by atoms with Crippen molar-refractivity contribution in [2.24, 2.45) is 7.05 Å². The van der Waals surface area contributed by atoms with Gasteiger partial charge in [0, 0.05) is 37.1 Å². The molecule has 3 heterocycles. The molecule has 2 atom stereocenters. The first-order valence-corrected chi connectivity index (χ1v) is 8.71. The molecule has 2 aromatic heterocycles. The van der Waals surface area contributed by atoms with E-state index in [-0.39, 0.29) is 11.9 Å². The average Bonchev–Trinajstić information content (AvgIpc) is 3.15. The summed E-state index contributed by atoms with van der Waals surface area (Å²) in [5.41, 5.74) is 3.66. The molecule has 5 heteroatoms. The van der Waals surface area contributed by atoms with Crippen molar-refractivity contribution in [3.8, 4) is 0 Å². The fourth-order valence-corrected chi connectivity index (χ4v) is 3.96. The van der Waals surface area contributed by atoms with Crippen molar-refractivity contribution in [2.75, 3.05) is 6.54 Å². The number of aryl methyl sites for hydroxylation is 2. The summed E-state index contributed by atoms with van der Waals surface area (Å²) in [7, 11) is 1.87. The normalized spacial score (nSPS) is 20.4. The highest BCUT2D eigenvalue weighted by molar-refractivity contribution is 5.97. The molecule has 25 heavy (non-hydrogen) atoms. The van der Waals surface area contributed by atoms with E-state index in [1.807, 2.05) is 31.0 Å². The Morgan fingerprint density at radius 1 is 1.24 bits per heavy atom. The SMILES string of the molecule is Cc1nn(C)c2ncc(C(=O)N3CC[C@@H](c4ccccc4)[C@@H]3C)cc12. The van der Waals surface area contributed by atoms with E-state index >= 15 is 0 Å². The molecule has 128 valence electrons. The highest BCUT2D eigenvalue weighted by atomic mass is 16.2. The predicted molar refractivity (Wildman–Crippen MR) is 97.5 cm³/mol. The third-order valence-corrected chi connectivity index (χ3v) is 5.35. The van der Waals surface area contributed by atoms with Crippen LogP contribution in [0, 0.1) is 6.92 Å². The zero-order valence-electron chi connectivity index (χ0n) is 14.8. The number of likely N-dealkylation sites (tertiary alicyclic amines) is 1. The minimum Gasteiger partial charge on any atom is -0.335 e. The van der Waals surface area contributed by atoms with Gasteiger partial charge >= 0.3 is 0 Å². The monoisotopic (exact) mass is 334 g/mol. The number of nitrogens with zero attached hydrogens (tertiary/aromatic N) is 4. The maximum Gasteiger partial charge on any atom is 0.255 e. The highest BCUT2D eigenvalue weighted by Crippen LogP contribution is 2.34. The minimum absolute atomic E-state index is 0.0589. The third-order valence-electron chi connectivity index (χ3n) is 5.35. The van der Waals surface area contributed by atoms with Crippen LogP contribution in [0.1, 0.15) is 40.9 Å². The molecule has 4 rings (SSSR count). The van der Waals surface area contributed by atoms with Crippen LogP contribution in [0.25, 0.3) is 11.0 Å². The molecule has 0 unspecified atom stereocenters. The molecule has 0 saturated carbocycles. The Morgan fingerprint density at radius 2 is 2.00 bits per heavy atom. The van der Waals surface area contributed by atoms with Crippen molar-refractivity contribution < 1.29 is 4.79 Å². The molecule has 1 fully saturated rings. The summed E-state index contributed by atoms with van der Waals surface area (Å²) in [6.45, 7) is 4.87. The molecule has 1 aromatic carbocycles. The molecule has 0 radical (unpaired) electrons. The lowest BCUT2D eigenvalue weighted by Crippen LogP contribution is -2.35. The minimum atomic E-state index is 0.0589. The van der Waals surface area contributed by atoms with Crippen LogP contribution in [0.15, 0.2) is 42.6 Å². The molecular weight excluding hydrogens is 312 g/mol. The number of benzene rings is 1. The fourth-order valence-electron chi connectivity index (χ4n) is 3.96. The molecule has 1 amide bonds. The molecule has 0 N–H and O–H groups in total. The lowest BCUT2D eigenvalue weighted by Gasteiger charge is -2.25. The lowest BCUT2D eigenvalue weighted by molar-refractivity contribution is 0.0742. The molecule has 1 aliphatic rings. The van der Waals surface area contributed by atoms with Crippen molar-refractivity contribution in [1.82, 2.24) is 19.7 Å². The molecule has 3 aromatic rings. The number of carbonyl (C=O) groups is 1. The van der Waals surface area contributed by atoms with Gasteiger partial charge in [0.2, 0.25) is 0 Å². The topological polar surface area (TPSA) is 51.0 Å². The first-order valence-electron chi connectivity index (χ1n) is 8.71. The Hall–Kier alpha value is -2.69. The molecule has 1 saturated heterocycles. The quantitative estimate of drug-likeness (QED) is 0.722. The summed E-state index contributed by atoms with van der Waals surface area (Å²) in [5.74, 6) is 0.450. The van der Waals surface area contributed by atoms with Gasteiger partial charge < -0.3 is 4.90 Å². The van der Waals surface area contributed by atoms with Crippen LogP contribution >= 0.6 is 0 Å². The number of pyridine rings is 1. The smallest absolute Gasteiger partial charge is 0.255 e. The van der Waals surface area contributed by atoms with E-state index < -0.39 is 0 Å². The first-order chi connectivity index (χ1) is 12.1. The number of fused-ring (bicyclic) bond motifs is 1. The van der Waals surface area contributed by atoms with Crippen LogP contribution in [0.2, 0.25) is 0 Å². The van der Waals surface area contributed by atoms with Gasteiger partial charge in [-0.25, -0.2) is 4.98 Å². The van der Waals surface area contributed by atoms with Gasteiger partial charge in [-0.3, -0.25) is 9.48 Å².